The number of amides is 1. The van der Waals surface area contributed by atoms with Gasteiger partial charge >= 0.3 is 5.97 Å². The van der Waals surface area contributed by atoms with Crippen LogP contribution in [0.25, 0.3) is 0 Å². The van der Waals surface area contributed by atoms with E-state index in [9.17, 15) is 9.59 Å². The molecule has 20 heavy (non-hydrogen) atoms. The standard InChI is InChI=1S/C15H22N2O3/c1-10(2)9-13(16)14(18)17-8-7-11-3-5-12(6-4-11)15(19)20/h3-6,10,13H,7-9,16H2,1-2H3,(H,17,18)(H,19,20)/t13-/m0/s1. The predicted octanol–water partition coefficient (Wildman–Crippen LogP) is 1.42. The summed E-state index contributed by atoms with van der Waals surface area (Å²) in [6, 6.07) is 6.16. The van der Waals surface area contributed by atoms with Crippen molar-refractivity contribution in [3.63, 3.8) is 0 Å². The fourth-order valence-electron chi connectivity index (χ4n) is 1.89. The molecule has 0 saturated heterocycles. The van der Waals surface area contributed by atoms with Gasteiger partial charge in [0.25, 0.3) is 0 Å². The maximum absolute atomic E-state index is 11.7. The van der Waals surface area contributed by atoms with Crippen molar-refractivity contribution in [2.75, 3.05) is 6.54 Å². The van der Waals surface area contributed by atoms with E-state index in [-0.39, 0.29) is 11.5 Å². The molecule has 0 radical (unpaired) electrons. The summed E-state index contributed by atoms with van der Waals surface area (Å²) in [5, 5.41) is 11.6. The number of nitrogens with two attached hydrogens (primary N) is 1. The highest BCUT2D eigenvalue weighted by Crippen LogP contribution is 2.05. The molecule has 0 spiro atoms. The number of carboxylic acids is 1. The minimum absolute atomic E-state index is 0.138. The van der Waals surface area contributed by atoms with Gasteiger partial charge in [0.1, 0.15) is 0 Å². The largest absolute Gasteiger partial charge is 0.478 e. The van der Waals surface area contributed by atoms with Gasteiger partial charge in [-0.2, -0.15) is 0 Å². The van der Waals surface area contributed by atoms with E-state index in [0.717, 1.165) is 5.56 Å². The molecule has 110 valence electrons. The SMILES string of the molecule is CC(C)C[C@H](N)C(=O)NCCc1ccc(C(=O)O)cc1. The van der Waals surface area contributed by atoms with Crippen LogP contribution in [0.2, 0.25) is 0 Å². The summed E-state index contributed by atoms with van der Waals surface area (Å²) in [5.41, 5.74) is 7.01. The highest BCUT2D eigenvalue weighted by molar-refractivity contribution is 5.87. The molecule has 1 atom stereocenters. The van der Waals surface area contributed by atoms with Crippen LogP contribution in [0.5, 0.6) is 0 Å². The van der Waals surface area contributed by atoms with Gasteiger partial charge in [-0.15, -0.1) is 0 Å². The Balaban J connectivity index is 2.37. The number of nitrogens with one attached hydrogen (secondary N) is 1. The molecular formula is C15H22N2O3. The molecule has 0 heterocycles. The highest BCUT2D eigenvalue weighted by atomic mass is 16.4. The van der Waals surface area contributed by atoms with E-state index in [0.29, 0.717) is 25.3 Å². The van der Waals surface area contributed by atoms with Crippen molar-refractivity contribution in [2.45, 2.75) is 32.7 Å². The van der Waals surface area contributed by atoms with Crippen LogP contribution >= 0.6 is 0 Å². The van der Waals surface area contributed by atoms with Gasteiger partial charge in [0.05, 0.1) is 11.6 Å². The number of hydrogen-bond acceptors (Lipinski definition) is 3. The molecule has 1 aromatic carbocycles. The van der Waals surface area contributed by atoms with Crippen molar-refractivity contribution in [2.24, 2.45) is 11.7 Å². The van der Waals surface area contributed by atoms with Gasteiger partial charge in [0.15, 0.2) is 0 Å². The summed E-state index contributed by atoms with van der Waals surface area (Å²) in [4.78, 5) is 22.4. The van der Waals surface area contributed by atoms with Crippen molar-refractivity contribution >= 4 is 11.9 Å². The maximum atomic E-state index is 11.7. The van der Waals surface area contributed by atoms with Crippen LogP contribution in [0.1, 0.15) is 36.2 Å². The first-order chi connectivity index (χ1) is 9.40. The van der Waals surface area contributed by atoms with Crippen molar-refractivity contribution in [3.8, 4) is 0 Å². The third-order valence-electron chi connectivity index (χ3n) is 2.98. The Labute approximate surface area is 119 Å². The van der Waals surface area contributed by atoms with Gasteiger partial charge < -0.3 is 16.2 Å². The van der Waals surface area contributed by atoms with Crippen LogP contribution in [0, 0.1) is 5.92 Å². The van der Waals surface area contributed by atoms with Gasteiger partial charge in [-0.05, 0) is 36.5 Å². The predicted molar refractivity (Wildman–Crippen MR) is 77.5 cm³/mol. The lowest BCUT2D eigenvalue weighted by Crippen LogP contribution is -2.42. The maximum Gasteiger partial charge on any atom is 0.335 e. The summed E-state index contributed by atoms with van der Waals surface area (Å²) in [6.45, 7) is 4.55. The number of carbonyl (C=O) groups is 2. The monoisotopic (exact) mass is 278 g/mol. The van der Waals surface area contributed by atoms with E-state index in [1.165, 1.54) is 0 Å². The minimum atomic E-state index is -0.940. The Kier molecular flexibility index (Phi) is 6.18. The van der Waals surface area contributed by atoms with E-state index in [1.807, 2.05) is 13.8 Å². The first-order valence-corrected chi connectivity index (χ1v) is 6.75. The smallest absolute Gasteiger partial charge is 0.335 e. The zero-order valence-electron chi connectivity index (χ0n) is 11.9. The zero-order chi connectivity index (χ0) is 15.1. The molecule has 0 aromatic heterocycles. The Morgan fingerprint density at radius 2 is 1.85 bits per heavy atom. The summed E-state index contributed by atoms with van der Waals surface area (Å²) >= 11 is 0. The number of hydrogen-bond donors (Lipinski definition) is 3. The van der Waals surface area contributed by atoms with Crippen molar-refractivity contribution in [1.29, 1.82) is 0 Å². The summed E-state index contributed by atoms with van der Waals surface area (Å²) in [6.07, 6.45) is 1.32. The van der Waals surface area contributed by atoms with Crippen LogP contribution in [0.3, 0.4) is 0 Å². The summed E-state index contributed by atoms with van der Waals surface area (Å²) < 4.78 is 0. The van der Waals surface area contributed by atoms with E-state index < -0.39 is 12.0 Å². The van der Waals surface area contributed by atoms with Crippen LogP contribution in [0.15, 0.2) is 24.3 Å². The topological polar surface area (TPSA) is 92.4 Å². The van der Waals surface area contributed by atoms with Gasteiger partial charge in [-0.25, -0.2) is 4.79 Å². The molecule has 1 aromatic rings. The van der Waals surface area contributed by atoms with Crippen molar-refractivity contribution < 1.29 is 14.7 Å². The van der Waals surface area contributed by atoms with E-state index >= 15 is 0 Å². The second-order valence-electron chi connectivity index (χ2n) is 5.28. The second kappa shape index (κ2) is 7.65. The fraction of sp³-hybridized carbons (Fsp3) is 0.467. The number of carbonyl (C=O) groups excluding carboxylic acids is 1. The quantitative estimate of drug-likeness (QED) is 0.703. The molecular weight excluding hydrogens is 256 g/mol. The molecule has 0 saturated carbocycles. The Bertz CT molecular complexity index is 455. The van der Waals surface area contributed by atoms with Crippen molar-refractivity contribution in [1.82, 2.24) is 5.32 Å². The molecule has 5 nitrogen and oxygen atoms in total. The Morgan fingerprint density at radius 1 is 1.25 bits per heavy atom. The Hall–Kier alpha value is -1.88. The number of rotatable bonds is 7. The first kappa shape index (κ1) is 16.2. The lowest BCUT2D eigenvalue weighted by Gasteiger charge is -2.14. The number of benzene rings is 1. The summed E-state index contributed by atoms with van der Waals surface area (Å²) in [7, 11) is 0. The zero-order valence-corrected chi connectivity index (χ0v) is 11.9. The van der Waals surface area contributed by atoms with E-state index in [1.54, 1.807) is 24.3 Å². The van der Waals surface area contributed by atoms with Gasteiger partial charge in [0, 0.05) is 6.54 Å². The lowest BCUT2D eigenvalue weighted by atomic mass is 10.0. The molecule has 0 bridgehead atoms. The third-order valence-corrected chi connectivity index (χ3v) is 2.98. The van der Waals surface area contributed by atoms with Crippen molar-refractivity contribution in [3.05, 3.63) is 35.4 Å². The average Bonchev–Trinajstić information content (AvgIpc) is 2.38. The summed E-state index contributed by atoms with van der Waals surface area (Å²) in [5.74, 6) is -0.690. The molecule has 0 aliphatic carbocycles. The number of aromatic carboxylic acids is 1. The molecule has 4 N–H and O–H groups in total. The van der Waals surface area contributed by atoms with E-state index in [2.05, 4.69) is 5.32 Å². The molecule has 1 amide bonds. The molecule has 1 rings (SSSR count). The van der Waals surface area contributed by atoms with Crippen LogP contribution in [-0.4, -0.2) is 29.6 Å². The average molecular weight is 278 g/mol. The second-order valence-corrected chi connectivity index (χ2v) is 5.28. The molecule has 0 aliphatic rings. The first-order valence-electron chi connectivity index (χ1n) is 6.75. The van der Waals surface area contributed by atoms with Crippen LogP contribution in [0.4, 0.5) is 0 Å². The normalized spacial score (nSPS) is 12.2. The van der Waals surface area contributed by atoms with Gasteiger partial charge in [-0.3, -0.25) is 4.79 Å². The molecule has 0 unspecified atom stereocenters. The lowest BCUT2D eigenvalue weighted by molar-refractivity contribution is -0.122. The van der Waals surface area contributed by atoms with Crippen LogP contribution < -0.4 is 11.1 Å². The Morgan fingerprint density at radius 3 is 2.35 bits per heavy atom. The van der Waals surface area contributed by atoms with E-state index in [4.69, 9.17) is 10.8 Å². The minimum Gasteiger partial charge on any atom is -0.478 e. The molecule has 5 heteroatoms. The molecule has 0 aliphatic heterocycles. The van der Waals surface area contributed by atoms with Gasteiger partial charge in [-0.1, -0.05) is 26.0 Å². The molecule has 0 fully saturated rings. The van der Waals surface area contributed by atoms with Crippen LogP contribution in [-0.2, 0) is 11.2 Å². The van der Waals surface area contributed by atoms with Gasteiger partial charge in [0.2, 0.25) is 5.91 Å². The fourth-order valence-corrected chi connectivity index (χ4v) is 1.89. The highest BCUT2D eigenvalue weighted by Gasteiger charge is 2.14. The third kappa shape index (κ3) is 5.40. The number of carboxylic acid groups (broad SMARTS) is 1.